The summed E-state index contributed by atoms with van der Waals surface area (Å²) in [5.41, 5.74) is 5.14. The normalized spacial score (nSPS) is 13.7. The van der Waals surface area contributed by atoms with E-state index < -0.39 is 0 Å². The Hall–Kier alpha value is -4.31. The molecule has 6 rings (SSSR count). The van der Waals surface area contributed by atoms with Crippen LogP contribution in [0.5, 0.6) is 11.5 Å². The van der Waals surface area contributed by atoms with Gasteiger partial charge >= 0.3 is 0 Å². The van der Waals surface area contributed by atoms with Crippen LogP contribution in [0.15, 0.2) is 55.2 Å². The van der Waals surface area contributed by atoms with Crippen LogP contribution in [0, 0.1) is 6.92 Å². The van der Waals surface area contributed by atoms with Crippen LogP contribution in [0.25, 0.3) is 22.1 Å². The maximum absolute atomic E-state index is 6.14. The number of likely N-dealkylation sites (N-methyl/N-ethyl adjacent to an activating group) is 1. The second kappa shape index (κ2) is 8.48. The molecule has 5 aromatic rings. The second-order valence-corrected chi connectivity index (χ2v) is 8.64. The van der Waals surface area contributed by atoms with E-state index in [-0.39, 0.29) is 6.04 Å². The number of aromatic nitrogens is 6. The Morgan fingerprint density at radius 2 is 1.94 bits per heavy atom. The van der Waals surface area contributed by atoms with Gasteiger partial charge in [0.15, 0.2) is 5.82 Å². The van der Waals surface area contributed by atoms with Crippen molar-refractivity contribution in [3.05, 3.63) is 60.8 Å². The van der Waals surface area contributed by atoms with Gasteiger partial charge in [0.05, 0.1) is 42.8 Å². The lowest BCUT2D eigenvalue weighted by atomic mass is 10.2. The highest BCUT2D eigenvalue weighted by atomic mass is 16.5. The van der Waals surface area contributed by atoms with Gasteiger partial charge in [0.2, 0.25) is 5.95 Å². The van der Waals surface area contributed by atoms with Gasteiger partial charge in [-0.3, -0.25) is 0 Å². The van der Waals surface area contributed by atoms with Crippen LogP contribution in [-0.4, -0.2) is 55.8 Å². The van der Waals surface area contributed by atoms with Gasteiger partial charge in [0.25, 0.3) is 0 Å². The second-order valence-electron chi connectivity index (χ2n) is 8.64. The zero-order valence-corrected chi connectivity index (χ0v) is 19.6. The van der Waals surface area contributed by atoms with E-state index in [9.17, 15) is 0 Å². The summed E-state index contributed by atoms with van der Waals surface area (Å²) in [6.07, 6.45) is 5.03. The molecule has 3 aromatic heterocycles. The number of rotatable bonds is 6. The van der Waals surface area contributed by atoms with Gasteiger partial charge in [0, 0.05) is 25.8 Å². The van der Waals surface area contributed by atoms with Gasteiger partial charge in [-0.2, -0.15) is 0 Å². The number of ether oxygens (including phenoxy) is 2. The first-order valence-electron chi connectivity index (χ1n) is 11.3. The van der Waals surface area contributed by atoms with Crippen molar-refractivity contribution < 1.29 is 9.47 Å². The standard InChI is InChI=1S/C25H24N8O2/c1-15-8-16(4-7-22(15)35-18-5-6-21-19(9-18)29-14-32(21)2)30-24-23-20(27-13-28-24)10-26-25(31-23)33(3)17-11-34-12-17/h4-10,13-14,17H,11-12H2,1-3H3,(H,27,28,30). The molecule has 10 heteroatoms. The smallest absolute Gasteiger partial charge is 0.226 e. The molecule has 0 saturated carbocycles. The van der Waals surface area contributed by atoms with Crippen LogP contribution in [0.2, 0.25) is 0 Å². The zero-order valence-electron chi connectivity index (χ0n) is 19.6. The lowest BCUT2D eigenvalue weighted by Gasteiger charge is -2.34. The lowest BCUT2D eigenvalue weighted by molar-refractivity contribution is 0.00963. The summed E-state index contributed by atoms with van der Waals surface area (Å²) >= 11 is 0. The van der Waals surface area contributed by atoms with Crippen molar-refractivity contribution in [3.63, 3.8) is 0 Å². The number of nitrogens with one attached hydrogen (secondary N) is 1. The molecule has 0 unspecified atom stereocenters. The van der Waals surface area contributed by atoms with Crippen LogP contribution < -0.4 is 15.0 Å². The minimum absolute atomic E-state index is 0.280. The number of fused-ring (bicyclic) bond motifs is 2. The summed E-state index contributed by atoms with van der Waals surface area (Å²) < 4.78 is 13.4. The molecule has 35 heavy (non-hydrogen) atoms. The Morgan fingerprint density at radius 3 is 2.74 bits per heavy atom. The van der Waals surface area contributed by atoms with E-state index in [2.05, 4.69) is 25.3 Å². The molecule has 1 aliphatic rings. The van der Waals surface area contributed by atoms with E-state index >= 15 is 0 Å². The topological polar surface area (TPSA) is 103 Å². The predicted octanol–water partition coefficient (Wildman–Crippen LogP) is 3.99. The first kappa shape index (κ1) is 21.2. The van der Waals surface area contributed by atoms with Crippen molar-refractivity contribution in [2.24, 2.45) is 7.05 Å². The number of imidazole rings is 1. The summed E-state index contributed by atoms with van der Waals surface area (Å²) in [5, 5.41) is 3.38. The van der Waals surface area contributed by atoms with Gasteiger partial charge < -0.3 is 24.3 Å². The van der Waals surface area contributed by atoms with Crippen molar-refractivity contribution in [1.82, 2.24) is 29.5 Å². The molecule has 1 fully saturated rings. The molecule has 4 heterocycles. The highest BCUT2D eigenvalue weighted by Crippen LogP contribution is 2.31. The third kappa shape index (κ3) is 3.97. The Bertz CT molecular complexity index is 1550. The SMILES string of the molecule is Cc1cc(Nc2ncnc3cnc(N(C)C4COC4)nc23)ccc1Oc1ccc2c(c1)ncn2C. The Labute approximate surface area is 201 Å². The van der Waals surface area contributed by atoms with Crippen molar-refractivity contribution in [3.8, 4) is 11.5 Å². The van der Waals surface area contributed by atoms with E-state index in [4.69, 9.17) is 14.5 Å². The van der Waals surface area contributed by atoms with Crippen LogP contribution in [0.1, 0.15) is 5.56 Å². The minimum Gasteiger partial charge on any atom is -0.457 e. The van der Waals surface area contributed by atoms with E-state index in [0.717, 1.165) is 33.8 Å². The van der Waals surface area contributed by atoms with Crippen LogP contribution >= 0.6 is 0 Å². The fourth-order valence-corrected chi connectivity index (χ4v) is 4.00. The third-order valence-electron chi connectivity index (χ3n) is 6.21. The fraction of sp³-hybridized carbons (Fsp3) is 0.240. The Kier molecular flexibility index (Phi) is 5.14. The number of aryl methyl sites for hydroxylation is 2. The lowest BCUT2D eigenvalue weighted by Crippen LogP contribution is -2.47. The largest absolute Gasteiger partial charge is 0.457 e. The Morgan fingerprint density at radius 1 is 1.06 bits per heavy atom. The number of hydrogen-bond donors (Lipinski definition) is 1. The summed E-state index contributed by atoms with van der Waals surface area (Å²) in [6.45, 7) is 3.36. The van der Waals surface area contributed by atoms with Crippen molar-refractivity contribution >= 4 is 39.5 Å². The van der Waals surface area contributed by atoms with Gasteiger partial charge in [-0.25, -0.2) is 24.9 Å². The maximum atomic E-state index is 6.14. The summed E-state index contributed by atoms with van der Waals surface area (Å²) in [4.78, 5) is 24.4. The van der Waals surface area contributed by atoms with Crippen molar-refractivity contribution in [1.29, 1.82) is 0 Å². The quantitative estimate of drug-likeness (QED) is 0.396. The number of anilines is 3. The molecule has 0 amide bonds. The molecule has 10 nitrogen and oxygen atoms in total. The highest BCUT2D eigenvalue weighted by molar-refractivity contribution is 5.87. The molecule has 1 saturated heterocycles. The zero-order chi connectivity index (χ0) is 23.9. The molecular formula is C25H24N8O2. The summed E-state index contributed by atoms with van der Waals surface area (Å²) in [7, 11) is 3.94. The molecular weight excluding hydrogens is 444 g/mol. The van der Waals surface area contributed by atoms with Crippen LogP contribution in [0.4, 0.5) is 17.5 Å². The molecule has 2 aromatic carbocycles. The van der Waals surface area contributed by atoms with Crippen LogP contribution in [-0.2, 0) is 11.8 Å². The van der Waals surface area contributed by atoms with Gasteiger partial charge in [0.1, 0.15) is 28.9 Å². The van der Waals surface area contributed by atoms with Crippen molar-refractivity contribution in [2.45, 2.75) is 13.0 Å². The van der Waals surface area contributed by atoms with Gasteiger partial charge in [-0.15, -0.1) is 0 Å². The molecule has 1 N–H and O–H groups in total. The highest BCUT2D eigenvalue weighted by Gasteiger charge is 2.25. The first-order chi connectivity index (χ1) is 17.0. The number of nitrogens with zero attached hydrogens (tertiary/aromatic N) is 7. The van der Waals surface area contributed by atoms with Crippen molar-refractivity contribution in [2.75, 3.05) is 30.5 Å². The van der Waals surface area contributed by atoms with E-state index in [1.807, 2.05) is 66.9 Å². The first-order valence-corrected chi connectivity index (χ1v) is 11.3. The number of benzene rings is 2. The van der Waals surface area contributed by atoms with Gasteiger partial charge in [-0.1, -0.05) is 0 Å². The molecule has 1 aliphatic heterocycles. The monoisotopic (exact) mass is 468 g/mol. The summed E-state index contributed by atoms with van der Waals surface area (Å²) in [6, 6.07) is 12.1. The van der Waals surface area contributed by atoms with E-state index in [1.165, 1.54) is 6.33 Å². The van der Waals surface area contributed by atoms with Gasteiger partial charge in [-0.05, 0) is 42.8 Å². The average molecular weight is 469 g/mol. The minimum atomic E-state index is 0.280. The molecule has 0 aliphatic carbocycles. The summed E-state index contributed by atoms with van der Waals surface area (Å²) in [5.74, 6) is 2.75. The Balaban J connectivity index is 1.25. The number of hydrogen-bond acceptors (Lipinski definition) is 9. The maximum Gasteiger partial charge on any atom is 0.226 e. The van der Waals surface area contributed by atoms with Crippen LogP contribution in [0.3, 0.4) is 0 Å². The molecule has 0 radical (unpaired) electrons. The molecule has 0 spiro atoms. The molecule has 0 atom stereocenters. The fourth-order valence-electron chi connectivity index (χ4n) is 4.00. The molecule has 176 valence electrons. The average Bonchev–Trinajstić information content (AvgIpc) is 3.19. The van der Waals surface area contributed by atoms with E-state index in [1.54, 1.807) is 12.5 Å². The third-order valence-corrected chi connectivity index (χ3v) is 6.21. The van der Waals surface area contributed by atoms with E-state index in [0.29, 0.717) is 36.0 Å². The predicted molar refractivity (Wildman–Crippen MR) is 133 cm³/mol. The molecule has 0 bridgehead atoms.